The van der Waals surface area contributed by atoms with E-state index >= 15 is 0 Å². The fourth-order valence-corrected chi connectivity index (χ4v) is 3.89. The van der Waals surface area contributed by atoms with Gasteiger partial charge < -0.3 is 10.1 Å². The summed E-state index contributed by atoms with van der Waals surface area (Å²) in [6.45, 7) is 0. The average molecular weight is 343 g/mol. The molecule has 1 fully saturated rings. The molecule has 2 aromatic heterocycles. The summed E-state index contributed by atoms with van der Waals surface area (Å²) in [5.74, 6) is 0.161. The summed E-state index contributed by atoms with van der Waals surface area (Å²) >= 11 is 0. The maximum Gasteiger partial charge on any atom is 0.316 e. The van der Waals surface area contributed by atoms with Crippen molar-refractivity contribution in [1.29, 1.82) is 0 Å². The van der Waals surface area contributed by atoms with Crippen LogP contribution in [0.2, 0.25) is 0 Å². The summed E-state index contributed by atoms with van der Waals surface area (Å²) in [5.41, 5.74) is 1.18. The van der Waals surface area contributed by atoms with Gasteiger partial charge >= 0.3 is 6.01 Å². The third kappa shape index (κ3) is 2.81. The highest BCUT2D eigenvalue weighted by Gasteiger charge is 2.34. The molecule has 1 saturated carbocycles. The molecule has 8 heteroatoms. The molecule has 1 atom stereocenters. The van der Waals surface area contributed by atoms with Crippen LogP contribution in [0.1, 0.15) is 61.6 Å². The van der Waals surface area contributed by atoms with Crippen molar-refractivity contribution in [2.24, 2.45) is 0 Å². The van der Waals surface area contributed by atoms with Gasteiger partial charge in [-0.25, -0.2) is 9.97 Å². The van der Waals surface area contributed by atoms with Gasteiger partial charge in [-0.3, -0.25) is 19.4 Å². The Balaban J connectivity index is 1.76. The van der Waals surface area contributed by atoms with Crippen molar-refractivity contribution >= 4 is 11.7 Å². The zero-order valence-electron chi connectivity index (χ0n) is 14.1. The minimum atomic E-state index is -0.344. The predicted octanol–water partition coefficient (Wildman–Crippen LogP) is 1.95. The number of nitrogens with one attached hydrogen (secondary N) is 2. The Morgan fingerprint density at radius 2 is 1.88 bits per heavy atom. The van der Waals surface area contributed by atoms with Crippen LogP contribution in [-0.4, -0.2) is 32.8 Å². The molecule has 8 nitrogen and oxygen atoms in total. The first-order chi connectivity index (χ1) is 12.2. The zero-order valence-corrected chi connectivity index (χ0v) is 14.1. The first-order valence-electron chi connectivity index (χ1n) is 8.67. The number of ether oxygens (including phenoxy) is 1. The van der Waals surface area contributed by atoms with Crippen LogP contribution in [-0.2, 0) is 4.79 Å². The van der Waals surface area contributed by atoms with Crippen LogP contribution in [0.15, 0.2) is 17.2 Å². The molecule has 0 aromatic carbocycles. The normalized spacial score (nSPS) is 20.8. The van der Waals surface area contributed by atoms with E-state index in [2.05, 4.69) is 20.4 Å². The molecule has 1 unspecified atom stereocenters. The number of rotatable bonds is 3. The number of anilines is 1. The highest BCUT2D eigenvalue weighted by molar-refractivity contribution is 5.94. The minimum Gasteiger partial charge on any atom is -0.467 e. The minimum absolute atomic E-state index is 0.100. The molecule has 1 amide bonds. The number of hydrogen-bond donors (Lipinski definition) is 2. The number of aromatic amines is 1. The zero-order chi connectivity index (χ0) is 17.4. The molecule has 0 spiro atoms. The molecule has 2 aromatic rings. The van der Waals surface area contributed by atoms with E-state index < -0.39 is 0 Å². The summed E-state index contributed by atoms with van der Waals surface area (Å²) in [5, 5.41) is 5.84. The Kier molecular flexibility index (Phi) is 4.03. The van der Waals surface area contributed by atoms with E-state index in [1.54, 1.807) is 12.4 Å². The molecular weight excluding hydrogens is 322 g/mol. The van der Waals surface area contributed by atoms with Crippen LogP contribution in [0.5, 0.6) is 6.01 Å². The Morgan fingerprint density at radius 3 is 2.56 bits per heavy atom. The van der Waals surface area contributed by atoms with Crippen molar-refractivity contribution in [2.45, 2.75) is 50.5 Å². The molecule has 4 rings (SSSR count). The van der Waals surface area contributed by atoms with Crippen LogP contribution in [0.3, 0.4) is 0 Å². The highest BCUT2D eigenvalue weighted by atomic mass is 16.5. The number of hydrogen-bond acceptors (Lipinski definition) is 5. The maximum absolute atomic E-state index is 12.6. The smallest absolute Gasteiger partial charge is 0.316 e. The van der Waals surface area contributed by atoms with Gasteiger partial charge in [0.15, 0.2) is 0 Å². The lowest BCUT2D eigenvalue weighted by Crippen LogP contribution is -2.27. The van der Waals surface area contributed by atoms with Gasteiger partial charge in [-0.15, -0.1) is 0 Å². The van der Waals surface area contributed by atoms with Crippen molar-refractivity contribution in [2.75, 3.05) is 12.4 Å². The number of carbonyl (C=O) groups excluding carboxylic acids is 1. The van der Waals surface area contributed by atoms with Gasteiger partial charge in [-0.05, 0) is 18.4 Å². The van der Waals surface area contributed by atoms with Gasteiger partial charge in [-0.1, -0.05) is 19.3 Å². The number of aromatic nitrogens is 4. The summed E-state index contributed by atoms with van der Waals surface area (Å²) in [6, 6.07) is 0.495. The second-order valence-electron chi connectivity index (χ2n) is 6.67. The van der Waals surface area contributed by atoms with Gasteiger partial charge in [0, 0.05) is 24.7 Å². The number of nitrogens with zero attached hydrogens (tertiary/aromatic N) is 3. The van der Waals surface area contributed by atoms with Crippen LogP contribution in [0.25, 0.3) is 0 Å². The van der Waals surface area contributed by atoms with Crippen molar-refractivity contribution < 1.29 is 9.53 Å². The standard InChI is InChI=1S/C17H21N5O3/c1-25-17-18-8-10(9-19-17)12-7-13(23)20-15-14(12)16(24)21-22(15)11-5-3-2-4-6-11/h8-9,11-12H,2-7H2,1H3,(H,20,23)(H,21,24). The van der Waals surface area contributed by atoms with Gasteiger partial charge in [0.05, 0.1) is 18.7 Å². The molecule has 0 saturated heterocycles. The summed E-state index contributed by atoms with van der Waals surface area (Å²) in [7, 11) is 1.50. The quantitative estimate of drug-likeness (QED) is 0.887. The summed E-state index contributed by atoms with van der Waals surface area (Å²) < 4.78 is 6.85. The molecule has 132 valence electrons. The van der Waals surface area contributed by atoms with E-state index in [1.807, 2.05) is 4.68 Å². The molecule has 2 aliphatic rings. The largest absolute Gasteiger partial charge is 0.467 e. The molecule has 1 aliphatic carbocycles. The number of methoxy groups -OCH3 is 1. The third-order valence-corrected chi connectivity index (χ3v) is 5.13. The topological polar surface area (TPSA) is 102 Å². The predicted molar refractivity (Wildman–Crippen MR) is 90.8 cm³/mol. The van der Waals surface area contributed by atoms with Crippen LogP contribution < -0.4 is 15.6 Å². The molecule has 0 radical (unpaired) electrons. The SMILES string of the molecule is COc1ncc(C2CC(=O)Nc3c2c(=O)[nH]n3C2CCCCC2)cn1. The Morgan fingerprint density at radius 1 is 1.16 bits per heavy atom. The second kappa shape index (κ2) is 6.34. The fourth-order valence-electron chi connectivity index (χ4n) is 3.89. The first kappa shape index (κ1) is 15.9. The first-order valence-corrected chi connectivity index (χ1v) is 8.67. The molecule has 0 bridgehead atoms. The maximum atomic E-state index is 12.6. The van der Waals surface area contributed by atoms with E-state index in [0.29, 0.717) is 11.4 Å². The van der Waals surface area contributed by atoms with Crippen molar-refractivity contribution in [3.05, 3.63) is 33.9 Å². The van der Waals surface area contributed by atoms with Gasteiger partial charge in [-0.2, -0.15) is 0 Å². The van der Waals surface area contributed by atoms with Gasteiger partial charge in [0.1, 0.15) is 5.82 Å². The third-order valence-electron chi connectivity index (χ3n) is 5.13. The number of H-pyrrole nitrogens is 1. The van der Waals surface area contributed by atoms with Crippen molar-refractivity contribution in [3.63, 3.8) is 0 Å². The molecule has 2 N–H and O–H groups in total. The monoisotopic (exact) mass is 343 g/mol. The van der Waals surface area contributed by atoms with E-state index in [4.69, 9.17) is 4.74 Å². The average Bonchev–Trinajstić information content (AvgIpc) is 2.98. The van der Waals surface area contributed by atoms with E-state index in [0.717, 1.165) is 31.2 Å². The fraction of sp³-hybridized carbons (Fsp3) is 0.529. The molecule has 1 aliphatic heterocycles. The Labute approximate surface area is 144 Å². The Bertz CT molecular complexity index is 833. The van der Waals surface area contributed by atoms with Crippen molar-refractivity contribution in [3.8, 4) is 6.01 Å². The summed E-state index contributed by atoms with van der Waals surface area (Å²) in [6.07, 6.45) is 8.99. The van der Waals surface area contributed by atoms with Crippen molar-refractivity contribution in [1.82, 2.24) is 19.7 Å². The lowest BCUT2D eigenvalue weighted by molar-refractivity contribution is -0.116. The van der Waals surface area contributed by atoms with E-state index in [9.17, 15) is 9.59 Å². The van der Waals surface area contributed by atoms with Crippen LogP contribution >= 0.6 is 0 Å². The summed E-state index contributed by atoms with van der Waals surface area (Å²) in [4.78, 5) is 33.1. The number of carbonyl (C=O) groups is 1. The highest BCUT2D eigenvalue weighted by Crippen LogP contribution is 2.38. The van der Waals surface area contributed by atoms with E-state index in [-0.39, 0.29) is 35.9 Å². The lowest BCUT2D eigenvalue weighted by Gasteiger charge is -2.27. The van der Waals surface area contributed by atoms with Crippen LogP contribution in [0, 0.1) is 0 Å². The molecule has 25 heavy (non-hydrogen) atoms. The molecular formula is C17H21N5O3. The number of amides is 1. The van der Waals surface area contributed by atoms with E-state index in [1.165, 1.54) is 13.5 Å². The van der Waals surface area contributed by atoms with Gasteiger partial charge in [0.2, 0.25) is 5.91 Å². The van der Waals surface area contributed by atoms with Gasteiger partial charge in [0.25, 0.3) is 5.56 Å². The Hall–Kier alpha value is -2.64. The van der Waals surface area contributed by atoms with Crippen LogP contribution in [0.4, 0.5) is 5.82 Å². The second-order valence-corrected chi connectivity index (χ2v) is 6.67. The lowest BCUT2D eigenvalue weighted by atomic mass is 9.88. The number of fused-ring (bicyclic) bond motifs is 1. The molecule has 3 heterocycles.